The van der Waals surface area contributed by atoms with E-state index in [1.807, 2.05) is 18.2 Å². The number of aromatic nitrogens is 2. The molecule has 148 valence electrons. The fourth-order valence-corrected chi connectivity index (χ4v) is 4.04. The summed E-state index contributed by atoms with van der Waals surface area (Å²) in [6, 6.07) is 9.49. The molecule has 0 bridgehead atoms. The highest BCUT2D eigenvalue weighted by molar-refractivity contribution is 5.80. The van der Waals surface area contributed by atoms with Gasteiger partial charge in [0.25, 0.3) is 12.1 Å². The molecule has 1 fully saturated rings. The van der Waals surface area contributed by atoms with Crippen molar-refractivity contribution < 1.29 is 18.0 Å². The van der Waals surface area contributed by atoms with E-state index in [1.165, 1.54) is 6.07 Å². The van der Waals surface area contributed by atoms with Gasteiger partial charge in [0.05, 0.1) is 18.2 Å². The number of piperidine rings is 1. The van der Waals surface area contributed by atoms with Gasteiger partial charge in [-0.2, -0.15) is 0 Å². The number of ether oxygens (including phenoxy) is 1. The Morgan fingerprint density at radius 2 is 2.14 bits per heavy atom. The maximum absolute atomic E-state index is 13.6. The van der Waals surface area contributed by atoms with Crippen molar-refractivity contribution in [2.75, 3.05) is 20.2 Å². The summed E-state index contributed by atoms with van der Waals surface area (Å²) in [7, 11) is 1.67. The van der Waals surface area contributed by atoms with Gasteiger partial charge in [0, 0.05) is 35.8 Å². The number of fused-ring (bicyclic) bond motifs is 1. The summed E-state index contributed by atoms with van der Waals surface area (Å²) in [6.45, 7) is 4.13. The fourth-order valence-electron chi connectivity index (χ4n) is 4.04. The van der Waals surface area contributed by atoms with Gasteiger partial charge in [0.1, 0.15) is 5.75 Å². The number of benzene rings is 1. The van der Waals surface area contributed by atoms with Gasteiger partial charge >= 0.3 is 0 Å². The molecule has 1 saturated heterocycles. The van der Waals surface area contributed by atoms with Gasteiger partial charge in [0.15, 0.2) is 0 Å². The molecule has 1 atom stereocenters. The minimum absolute atomic E-state index is 0.0411. The number of halogens is 2. The first-order valence-corrected chi connectivity index (χ1v) is 9.46. The molecule has 0 N–H and O–H groups in total. The Morgan fingerprint density at radius 1 is 1.32 bits per heavy atom. The number of aryl methyl sites for hydroxylation is 1. The summed E-state index contributed by atoms with van der Waals surface area (Å²) in [4.78, 5) is 6.85. The zero-order chi connectivity index (χ0) is 19.7. The molecule has 28 heavy (non-hydrogen) atoms. The summed E-state index contributed by atoms with van der Waals surface area (Å²) in [6.07, 6.45) is -0.689. The number of alkyl halides is 2. The number of rotatable bonds is 5. The number of likely N-dealkylation sites (tertiary alicyclic amines) is 1. The minimum atomic E-state index is -2.59. The second-order valence-corrected chi connectivity index (χ2v) is 7.27. The molecule has 1 aliphatic heterocycles. The molecule has 0 radical (unpaired) electrons. The van der Waals surface area contributed by atoms with Crippen LogP contribution in [-0.2, 0) is 6.54 Å². The highest BCUT2D eigenvalue weighted by atomic mass is 19.3. The molecule has 2 aromatic heterocycles. The van der Waals surface area contributed by atoms with E-state index in [-0.39, 0.29) is 17.2 Å². The predicted molar refractivity (Wildman–Crippen MR) is 102 cm³/mol. The molecule has 7 heteroatoms. The van der Waals surface area contributed by atoms with Gasteiger partial charge in [-0.3, -0.25) is 4.90 Å². The second kappa shape index (κ2) is 7.83. The summed E-state index contributed by atoms with van der Waals surface area (Å²) in [5.41, 5.74) is 2.38. The lowest BCUT2D eigenvalue weighted by Gasteiger charge is -2.32. The van der Waals surface area contributed by atoms with Crippen LogP contribution in [0.15, 0.2) is 34.9 Å². The quantitative estimate of drug-likeness (QED) is 0.626. The number of para-hydroxylation sites is 1. The van der Waals surface area contributed by atoms with E-state index in [2.05, 4.69) is 21.1 Å². The summed E-state index contributed by atoms with van der Waals surface area (Å²) < 4.78 is 37.9. The van der Waals surface area contributed by atoms with Crippen LogP contribution < -0.4 is 4.74 Å². The van der Waals surface area contributed by atoms with Crippen molar-refractivity contribution in [3.8, 4) is 5.75 Å². The Kier molecular flexibility index (Phi) is 5.26. The Hall–Kier alpha value is -2.54. The molecule has 5 nitrogen and oxygen atoms in total. The van der Waals surface area contributed by atoms with Crippen LogP contribution in [0.4, 0.5) is 8.78 Å². The van der Waals surface area contributed by atoms with Crippen LogP contribution in [0.25, 0.3) is 11.1 Å². The third-order valence-corrected chi connectivity index (χ3v) is 5.41. The van der Waals surface area contributed by atoms with Crippen molar-refractivity contribution in [2.45, 2.75) is 38.7 Å². The van der Waals surface area contributed by atoms with Gasteiger partial charge in [0.2, 0.25) is 0 Å². The van der Waals surface area contributed by atoms with Crippen molar-refractivity contribution in [3.63, 3.8) is 0 Å². The molecule has 4 rings (SSSR count). The smallest absolute Gasteiger partial charge is 0.264 e. The van der Waals surface area contributed by atoms with E-state index in [1.54, 1.807) is 14.0 Å². The highest BCUT2D eigenvalue weighted by Gasteiger charge is 2.27. The third kappa shape index (κ3) is 3.58. The molecule has 1 aliphatic rings. The van der Waals surface area contributed by atoms with E-state index in [0.717, 1.165) is 43.8 Å². The number of nitrogens with zero attached hydrogens (tertiary/aromatic N) is 3. The largest absolute Gasteiger partial charge is 0.496 e. The van der Waals surface area contributed by atoms with Crippen molar-refractivity contribution in [2.24, 2.45) is 0 Å². The Bertz CT molecular complexity index is 973. The Morgan fingerprint density at radius 3 is 2.93 bits per heavy atom. The van der Waals surface area contributed by atoms with Crippen LogP contribution in [0.1, 0.15) is 47.7 Å². The first-order valence-electron chi connectivity index (χ1n) is 9.46. The number of hydrogen-bond donors (Lipinski definition) is 0. The van der Waals surface area contributed by atoms with Crippen LogP contribution in [0.5, 0.6) is 5.75 Å². The van der Waals surface area contributed by atoms with Crippen LogP contribution in [-0.4, -0.2) is 35.2 Å². The van der Waals surface area contributed by atoms with Gasteiger partial charge in [-0.15, -0.1) is 0 Å². The van der Waals surface area contributed by atoms with E-state index >= 15 is 0 Å². The third-order valence-electron chi connectivity index (χ3n) is 5.41. The normalized spacial score (nSPS) is 18.1. The first kappa shape index (κ1) is 18.8. The molecule has 0 saturated carbocycles. The van der Waals surface area contributed by atoms with Gasteiger partial charge in [-0.1, -0.05) is 23.4 Å². The number of pyridine rings is 1. The van der Waals surface area contributed by atoms with Crippen molar-refractivity contribution >= 4 is 11.1 Å². The van der Waals surface area contributed by atoms with Gasteiger partial charge < -0.3 is 9.26 Å². The molecular formula is C21H23F2N3O2. The average Bonchev–Trinajstić information content (AvgIpc) is 3.09. The summed E-state index contributed by atoms with van der Waals surface area (Å²) >= 11 is 0. The zero-order valence-corrected chi connectivity index (χ0v) is 16.0. The molecule has 1 aromatic carbocycles. The molecular weight excluding hydrogens is 364 g/mol. The van der Waals surface area contributed by atoms with Crippen LogP contribution in [0.2, 0.25) is 0 Å². The van der Waals surface area contributed by atoms with Crippen LogP contribution in [0, 0.1) is 6.92 Å². The van der Waals surface area contributed by atoms with Crippen LogP contribution >= 0.6 is 0 Å². The molecule has 0 spiro atoms. The standard InChI is InChI=1S/C21H23F2N3O2/c1-13-19-16(20(22)23)10-17(24-21(19)28-25-13)14-7-5-9-26(11-14)12-15-6-3-4-8-18(15)27-2/h3-4,6,8,10,14,20H,5,7,9,11-12H2,1-2H3/t14-/m0/s1. The van der Waals surface area contributed by atoms with Crippen molar-refractivity contribution in [3.05, 3.63) is 52.8 Å². The summed E-state index contributed by atoms with van der Waals surface area (Å²) in [5, 5.41) is 4.15. The first-order chi connectivity index (χ1) is 13.6. The van der Waals surface area contributed by atoms with Crippen LogP contribution in [0.3, 0.4) is 0 Å². The lowest BCUT2D eigenvalue weighted by atomic mass is 9.92. The lowest BCUT2D eigenvalue weighted by molar-refractivity contribution is 0.152. The van der Waals surface area contributed by atoms with E-state index < -0.39 is 6.43 Å². The van der Waals surface area contributed by atoms with E-state index in [9.17, 15) is 8.78 Å². The Labute approximate surface area is 162 Å². The molecule has 3 heterocycles. The number of hydrogen-bond acceptors (Lipinski definition) is 5. The van der Waals surface area contributed by atoms with Crippen molar-refractivity contribution in [1.82, 2.24) is 15.0 Å². The second-order valence-electron chi connectivity index (χ2n) is 7.27. The SMILES string of the molecule is COc1ccccc1CN1CCC[C@H](c2cc(C(F)F)c3c(C)noc3n2)C1. The lowest BCUT2D eigenvalue weighted by Crippen LogP contribution is -2.34. The molecule has 0 aliphatic carbocycles. The molecule has 0 unspecified atom stereocenters. The average molecular weight is 387 g/mol. The van der Waals surface area contributed by atoms with Crippen molar-refractivity contribution in [1.29, 1.82) is 0 Å². The summed E-state index contributed by atoms with van der Waals surface area (Å²) in [5.74, 6) is 0.942. The zero-order valence-electron chi connectivity index (χ0n) is 16.0. The van der Waals surface area contributed by atoms with E-state index in [0.29, 0.717) is 16.8 Å². The van der Waals surface area contributed by atoms with Gasteiger partial charge in [-0.05, 0) is 38.4 Å². The minimum Gasteiger partial charge on any atom is -0.496 e. The maximum Gasteiger partial charge on any atom is 0.264 e. The molecule has 3 aromatic rings. The molecule has 0 amide bonds. The number of methoxy groups -OCH3 is 1. The van der Waals surface area contributed by atoms with E-state index in [4.69, 9.17) is 9.26 Å². The maximum atomic E-state index is 13.6. The predicted octanol–water partition coefficient (Wildman–Crippen LogP) is 4.86. The highest BCUT2D eigenvalue weighted by Crippen LogP contribution is 2.34. The topological polar surface area (TPSA) is 51.4 Å². The fraction of sp³-hybridized carbons (Fsp3) is 0.429. The monoisotopic (exact) mass is 387 g/mol. The van der Waals surface area contributed by atoms with Gasteiger partial charge in [-0.25, -0.2) is 13.8 Å². The Balaban J connectivity index is 1.59.